The van der Waals surface area contributed by atoms with E-state index in [4.69, 9.17) is 0 Å². The quantitative estimate of drug-likeness (QED) is 0.658. The second-order valence-corrected chi connectivity index (χ2v) is 6.29. The van der Waals surface area contributed by atoms with Crippen molar-refractivity contribution in [2.45, 2.75) is 25.9 Å². The Balaban J connectivity index is 1.50. The highest BCUT2D eigenvalue weighted by Gasteiger charge is 2.12. The fourth-order valence-electron chi connectivity index (χ4n) is 2.29. The summed E-state index contributed by atoms with van der Waals surface area (Å²) in [6, 6.07) is 10.1. The van der Waals surface area contributed by atoms with Crippen LogP contribution >= 0.6 is 11.3 Å². The SMILES string of the molecule is CN(Cc1csc(-c2ccccc2)n1)C(=O)CCCn1cnnn1. The van der Waals surface area contributed by atoms with Crippen molar-refractivity contribution in [3.8, 4) is 10.6 Å². The van der Waals surface area contributed by atoms with Gasteiger partial charge in [-0.1, -0.05) is 30.3 Å². The third kappa shape index (κ3) is 4.23. The summed E-state index contributed by atoms with van der Waals surface area (Å²) < 4.78 is 1.62. The van der Waals surface area contributed by atoms with E-state index < -0.39 is 0 Å². The van der Waals surface area contributed by atoms with E-state index >= 15 is 0 Å². The molecule has 2 heterocycles. The number of amides is 1. The normalized spacial score (nSPS) is 10.7. The summed E-state index contributed by atoms with van der Waals surface area (Å²) in [5.74, 6) is 0.0948. The highest BCUT2D eigenvalue weighted by Crippen LogP contribution is 2.23. The van der Waals surface area contributed by atoms with Crippen molar-refractivity contribution in [1.29, 1.82) is 0 Å². The Labute approximate surface area is 144 Å². The number of aryl methyl sites for hydroxylation is 1. The minimum atomic E-state index is 0.0948. The monoisotopic (exact) mass is 342 g/mol. The van der Waals surface area contributed by atoms with Crippen molar-refractivity contribution < 1.29 is 4.79 Å². The van der Waals surface area contributed by atoms with Crippen molar-refractivity contribution in [2.75, 3.05) is 7.05 Å². The highest BCUT2D eigenvalue weighted by atomic mass is 32.1. The third-order valence-corrected chi connectivity index (χ3v) is 4.51. The van der Waals surface area contributed by atoms with E-state index in [0.29, 0.717) is 25.9 Å². The predicted molar refractivity (Wildman–Crippen MR) is 91.1 cm³/mol. The molecule has 0 fully saturated rings. The number of thiazole rings is 1. The van der Waals surface area contributed by atoms with Crippen LogP contribution in [0.25, 0.3) is 10.6 Å². The molecule has 8 heteroatoms. The molecule has 0 spiro atoms. The molecule has 1 aromatic carbocycles. The first-order chi connectivity index (χ1) is 11.7. The number of hydrogen-bond acceptors (Lipinski definition) is 6. The van der Waals surface area contributed by atoms with Gasteiger partial charge in [0.15, 0.2) is 0 Å². The van der Waals surface area contributed by atoms with Crippen LogP contribution in [0.2, 0.25) is 0 Å². The number of rotatable bonds is 7. The van der Waals surface area contributed by atoms with Crippen LogP contribution < -0.4 is 0 Å². The molecule has 0 aliphatic heterocycles. The maximum atomic E-state index is 12.2. The van der Waals surface area contributed by atoms with E-state index in [1.54, 1.807) is 34.3 Å². The summed E-state index contributed by atoms with van der Waals surface area (Å²) in [7, 11) is 1.81. The van der Waals surface area contributed by atoms with Crippen LogP contribution in [0, 0.1) is 0 Å². The zero-order valence-corrected chi connectivity index (χ0v) is 14.2. The van der Waals surface area contributed by atoms with E-state index in [9.17, 15) is 4.79 Å². The van der Waals surface area contributed by atoms with E-state index in [1.165, 1.54) is 0 Å². The Morgan fingerprint density at radius 3 is 2.88 bits per heavy atom. The number of aromatic nitrogens is 5. The van der Waals surface area contributed by atoms with Gasteiger partial charge >= 0.3 is 0 Å². The standard InChI is InChI=1S/C16H18N6OS/c1-21(15(23)8-5-9-22-12-17-19-20-22)10-14-11-24-16(18-14)13-6-3-2-4-7-13/h2-4,6-7,11-12H,5,8-10H2,1H3. The van der Waals surface area contributed by atoms with E-state index in [2.05, 4.69) is 20.5 Å². The van der Waals surface area contributed by atoms with Gasteiger partial charge in [-0.2, -0.15) is 0 Å². The Hall–Kier alpha value is -2.61. The number of hydrogen-bond donors (Lipinski definition) is 0. The van der Waals surface area contributed by atoms with Gasteiger partial charge in [-0.05, 0) is 16.8 Å². The number of carbonyl (C=O) groups is 1. The average Bonchev–Trinajstić information content (AvgIpc) is 3.27. The second kappa shape index (κ2) is 7.78. The summed E-state index contributed by atoms with van der Waals surface area (Å²) >= 11 is 1.60. The lowest BCUT2D eigenvalue weighted by Crippen LogP contribution is -2.26. The molecule has 3 aromatic rings. The van der Waals surface area contributed by atoms with Crippen LogP contribution in [0.4, 0.5) is 0 Å². The van der Waals surface area contributed by atoms with Crippen LogP contribution in [0.5, 0.6) is 0 Å². The third-order valence-electron chi connectivity index (χ3n) is 3.57. The molecule has 2 aromatic heterocycles. The Morgan fingerprint density at radius 2 is 2.12 bits per heavy atom. The lowest BCUT2D eigenvalue weighted by molar-refractivity contribution is -0.130. The molecule has 0 bridgehead atoms. The molecule has 0 unspecified atom stereocenters. The minimum absolute atomic E-state index is 0.0948. The Kier molecular flexibility index (Phi) is 5.27. The molecule has 0 radical (unpaired) electrons. The van der Waals surface area contributed by atoms with Gasteiger partial charge in [0.1, 0.15) is 11.3 Å². The molecule has 0 N–H and O–H groups in total. The summed E-state index contributed by atoms with van der Waals surface area (Å²) in [6.07, 6.45) is 2.72. The number of benzene rings is 1. The van der Waals surface area contributed by atoms with E-state index in [0.717, 1.165) is 16.3 Å². The first kappa shape index (κ1) is 16.3. The summed E-state index contributed by atoms with van der Waals surface area (Å²) in [6.45, 7) is 1.16. The molecule has 7 nitrogen and oxygen atoms in total. The maximum absolute atomic E-state index is 12.2. The number of tetrazole rings is 1. The molecule has 0 saturated heterocycles. The first-order valence-corrected chi connectivity index (χ1v) is 8.55. The van der Waals surface area contributed by atoms with Crippen LogP contribution in [0.3, 0.4) is 0 Å². The lowest BCUT2D eigenvalue weighted by Gasteiger charge is -2.15. The molecule has 24 heavy (non-hydrogen) atoms. The Bertz CT molecular complexity index is 771. The van der Waals surface area contributed by atoms with Crippen molar-refractivity contribution >= 4 is 17.2 Å². The fourth-order valence-corrected chi connectivity index (χ4v) is 3.11. The van der Waals surface area contributed by atoms with Gasteiger partial charge in [-0.3, -0.25) is 4.79 Å². The van der Waals surface area contributed by atoms with Crippen LogP contribution in [-0.4, -0.2) is 43.0 Å². The second-order valence-electron chi connectivity index (χ2n) is 5.44. The van der Waals surface area contributed by atoms with Crippen molar-refractivity contribution in [3.63, 3.8) is 0 Å². The first-order valence-electron chi connectivity index (χ1n) is 7.67. The minimum Gasteiger partial charge on any atom is -0.340 e. The largest absolute Gasteiger partial charge is 0.340 e. The average molecular weight is 342 g/mol. The van der Waals surface area contributed by atoms with Gasteiger partial charge in [0.25, 0.3) is 0 Å². The molecule has 0 saturated carbocycles. The topological polar surface area (TPSA) is 76.8 Å². The molecule has 124 valence electrons. The highest BCUT2D eigenvalue weighted by molar-refractivity contribution is 7.13. The molecule has 3 rings (SSSR count). The zero-order valence-electron chi connectivity index (χ0n) is 13.4. The van der Waals surface area contributed by atoms with E-state index in [-0.39, 0.29) is 5.91 Å². The van der Waals surface area contributed by atoms with Crippen molar-refractivity contribution in [2.24, 2.45) is 0 Å². The van der Waals surface area contributed by atoms with Gasteiger partial charge in [-0.25, -0.2) is 9.67 Å². The smallest absolute Gasteiger partial charge is 0.222 e. The van der Waals surface area contributed by atoms with Crippen LogP contribution in [-0.2, 0) is 17.9 Å². The van der Waals surface area contributed by atoms with Crippen molar-refractivity contribution in [1.82, 2.24) is 30.1 Å². The van der Waals surface area contributed by atoms with Crippen LogP contribution in [0.1, 0.15) is 18.5 Å². The lowest BCUT2D eigenvalue weighted by atomic mass is 10.2. The zero-order chi connectivity index (χ0) is 16.8. The summed E-state index contributed by atoms with van der Waals surface area (Å²) in [5, 5.41) is 13.9. The molecule has 0 atom stereocenters. The van der Waals surface area contributed by atoms with Crippen LogP contribution in [0.15, 0.2) is 42.0 Å². The van der Waals surface area contributed by atoms with Gasteiger partial charge in [0.2, 0.25) is 5.91 Å². The molecule has 1 amide bonds. The van der Waals surface area contributed by atoms with Gasteiger partial charge in [0, 0.05) is 31.0 Å². The summed E-state index contributed by atoms with van der Waals surface area (Å²) in [5.41, 5.74) is 2.01. The number of nitrogens with zero attached hydrogens (tertiary/aromatic N) is 6. The maximum Gasteiger partial charge on any atom is 0.222 e. The molecule has 0 aliphatic carbocycles. The van der Waals surface area contributed by atoms with Crippen molar-refractivity contribution in [3.05, 3.63) is 47.7 Å². The molecular formula is C16H18N6OS. The van der Waals surface area contributed by atoms with Gasteiger partial charge in [0.05, 0.1) is 12.2 Å². The van der Waals surface area contributed by atoms with E-state index in [1.807, 2.05) is 35.7 Å². The number of carbonyl (C=O) groups excluding carboxylic acids is 1. The van der Waals surface area contributed by atoms with Gasteiger partial charge < -0.3 is 4.90 Å². The molecular weight excluding hydrogens is 324 g/mol. The fraction of sp³-hybridized carbons (Fsp3) is 0.312. The van der Waals surface area contributed by atoms with Gasteiger partial charge in [-0.15, -0.1) is 16.4 Å². The predicted octanol–water partition coefficient (Wildman–Crippen LogP) is 2.24. The Morgan fingerprint density at radius 1 is 1.29 bits per heavy atom. The summed E-state index contributed by atoms with van der Waals surface area (Å²) in [4.78, 5) is 18.5. The molecule has 0 aliphatic rings.